The summed E-state index contributed by atoms with van der Waals surface area (Å²) in [4.78, 5) is 16.0. The number of fused-ring (bicyclic) bond motifs is 1. The van der Waals surface area contributed by atoms with Gasteiger partial charge in [0, 0.05) is 4.88 Å². The Balaban J connectivity index is 1.93. The predicted molar refractivity (Wildman–Crippen MR) is 117 cm³/mol. The zero-order valence-corrected chi connectivity index (χ0v) is 18.4. The molecule has 1 aromatic carbocycles. The number of hydrogen-bond acceptors (Lipinski definition) is 6. The molecular formula is C22H29N3O3S. The van der Waals surface area contributed by atoms with Crippen LogP contribution in [0.4, 0.5) is 10.5 Å². The van der Waals surface area contributed by atoms with Crippen LogP contribution in [0.25, 0.3) is 0 Å². The van der Waals surface area contributed by atoms with E-state index in [2.05, 4.69) is 12.2 Å². The van der Waals surface area contributed by atoms with E-state index in [-0.39, 0.29) is 12.1 Å². The second-order valence-electron chi connectivity index (χ2n) is 8.06. The number of nitrogens with zero attached hydrogens (tertiary/aromatic N) is 1. The van der Waals surface area contributed by atoms with Gasteiger partial charge in [-0.25, -0.2) is 4.79 Å². The van der Waals surface area contributed by atoms with E-state index in [0.717, 1.165) is 28.3 Å². The lowest BCUT2D eigenvalue weighted by Crippen LogP contribution is -2.38. The van der Waals surface area contributed by atoms with Gasteiger partial charge in [-0.1, -0.05) is 19.1 Å². The molecule has 0 spiro atoms. The maximum Gasteiger partial charge on any atom is 0.411 e. The maximum atomic E-state index is 13.1. The molecule has 0 saturated carbocycles. The highest BCUT2D eigenvalue weighted by Crippen LogP contribution is 2.37. The van der Waals surface area contributed by atoms with Gasteiger partial charge in [-0.2, -0.15) is 0 Å². The van der Waals surface area contributed by atoms with Gasteiger partial charge in [-0.05, 0) is 63.3 Å². The molecular weight excluding hydrogens is 386 g/mol. The van der Waals surface area contributed by atoms with Crippen LogP contribution in [0, 0.1) is 0 Å². The van der Waals surface area contributed by atoms with Gasteiger partial charge in [0.1, 0.15) is 17.2 Å². The first kappa shape index (κ1) is 21.0. The van der Waals surface area contributed by atoms with Crippen LogP contribution in [0.2, 0.25) is 0 Å². The van der Waals surface area contributed by atoms with Gasteiger partial charge >= 0.3 is 6.09 Å². The first-order valence-corrected chi connectivity index (χ1v) is 10.6. The standard InChI is InChI=1S/C22H29N3O3S/c1-6-18(15-9-10-19-17(12-15)24-20(23)14(2)27-19)25(13-16-8-7-11-29-16)21(26)28-22(3,4)5/h7-12,18,24H,6,13,23H2,1-5H3. The number of hydrogen-bond donors (Lipinski definition) is 2. The number of benzene rings is 1. The highest BCUT2D eigenvalue weighted by molar-refractivity contribution is 7.09. The van der Waals surface area contributed by atoms with Crippen LogP contribution >= 0.6 is 11.3 Å². The molecule has 3 rings (SSSR count). The number of carbonyl (C=O) groups excluding carboxylic acids is 1. The van der Waals surface area contributed by atoms with Gasteiger partial charge in [0.25, 0.3) is 0 Å². The quantitative estimate of drug-likeness (QED) is 0.666. The zero-order chi connectivity index (χ0) is 21.2. The number of ether oxygens (including phenoxy) is 2. The van der Waals surface area contributed by atoms with Crippen LogP contribution in [0.15, 0.2) is 47.3 Å². The minimum absolute atomic E-state index is 0.146. The number of anilines is 1. The first-order chi connectivity index (χ1) is 13.7. The van der Waals surface area contributed by atoms with Crippen LogP contribution in [-0.4, -0.2) is 16.6 Å². The number of rotatable bonds is 5. The van der Waals surface area contributed by atoms with E-state index in [1.54, 1.807) is 16.2 Å². The van der Waals surface area contributed by atoms with Crippen LogP contribution in [-0.2, 0) is 11.3 Å². The Labute approximate surface area is 176 Å². The Kier molecular flexibility index (Phi) is 6.07. The molecule has 3 N–H and O–H groups in total. The van der Waals surface area contributed by atoms with E-state index in [0.29, 0.717) is 18.1 Å². The third-order valence-electron chi connectivity index (χ3n) is 4.60. The highest BCUT2D eigenvalue weighted by Gasteiger charge is 2.30. The molecule has 0 saturated heterocycles. The van der Waals surface area contributed by atoms with E-state index >= 15 is 0 Å². The molecule has 1 atom stereocenters. The highest BCUT2D eigenvalue weighted by atomic mass is 32.1. The monoisotopic (exact) mass is 415 g/mol. The number of thiophene rings is 1. The summed E-state index contributed by atoms with van der Waals surface area (Å²) >= 11 is 1.63. The van der Waals surface area contributed by atoms with Crippen molar-refractivity contribution in [1.29, 1.82) is 0 Å². The molecule has 156 valence electrons. The van der Waals surface area contributed by atoms with Crippen molar-refractivity contribution in [2.45, 2.75) is 59.2 Å². The molecule has 2 heterocycles. The molecule has 7 heteroatoms. The van der Waals surface area contributed by atoms with E-state index in [1.165, 1.54) is 0 Å². The number of amides is 1. The molecule has 1 aliphatic heterocycles. The molecule has 0 aliphatic carbocycles. The molecule has 29 heavy (non-hydrogen) atoms. The Morgan fingerprint density at radius 3 is 2.72 bits per heavy atom. The topological polar surface area (TPSA) is 76.8 Å². The summed E-state index contributed by atoms with van der Waals surface area (Å²) in [7, 11) is 0. The summed E-state index contributed by atoms with van der Waals surface area (Å²) in [6.07, 6.45) is 0.421. The van der Waals surface area contributed by atoms with E-state index in [4.69, 9.17) is 15.2 Å². The molecule has 0 radical (unpaired) electrons. The average Bonchev–Trinajstić information content (AvgIpc) is 3.14. The molecule has 6 nitrogen and oxygen atoms in total. The second-order valence-corrected chi connectivity index (χ2v) is 9.10. The summed E-state index contributed by atoms with van der Waals surface area (Å²) < 4.78 is 11.5. The van der Waals surface area contributed by atoms with E-state index in [9.17, 15) is 4.79 Å². The van der Waals surface area contributed by atoms with E-state index in [1.807, 2.05) is 63.4 Å². The Hall–Kier alpha value is -2.67. The lowest BCUT2D eigenvalue weighted by molar-refractivity contribution is 0.0133. The average molecular weight is 416 g/mol. The summed E-state index contributed by atoms with van der Waals surface area (Å²) in [5.74, 6) is 1.85. The summed E-state index contributed by atoms with van der Waals surface area (Å²) in [5.41, 5.74) is 7.21. The van der Waals surface area contributed by atoms with Crippen molar-refractivity contribution in [2.24, 2.45) is 5.73 Å². The lowest BCUT2D eigenvalue weighted by Gasteiger charge is -2.34. The molecule has 0 fully saturated rings. The molecule has 2 aromatic rings. The fraction of sp³-hybridized carbons (Fsp3) is 0.409. The fourth-order valence-electron chi connectivity index (χ4n) is 3.22. The van der Waals surface area contributed by atoms with Crippen molar-refractivity contribution in [2.75, 3.05) is 5.32 Å². The Morgan fingerprint density at radius 2 is 2.10 bits per heavy atom. The smallest absolute Gasteiger partial charge is 0.411 e. The molecule has 1 amide bonds. The molecule has 0 bridgehead atoms. The van der Waals surface area contributed by atoms with Crippen molar-refractivity contribution >= 4 is 23.1 Å². The second kappa shape index (κ2) is 8.37. The minimum atomic E-state index is -0.564. The summed E-state index contributed by atoms with van der Waals surface area (Å²) in [5, 5.41) is 5.20. The number of nitrogens with one attached hydrogen (secondary N) is 1. The largest absolute Gasteiger partial charge is 0.456 e. The number of nitrogens with two attached hydrogens (primary N) is 1. The number of carbonyl (C=O) groups is 1. The SMILES string of the molecule is CCC(c1ccc2c(c1)NC(N)=C(C)O2)N(Cc1cccs1)C(=O)OC(C)(C)C. The molecule has 1 aliphatic rings. The van der Waals surface area contributed by atoms with E-state index < -0.39 is 5.60 Å². The summed E-state index contributed by atoms with van der Waals surface area (Å²) in [6, 6.07) is 9.78. The Morgan fingerprint density at radius 1 is 1.34 bits per heavy atom. The van der Waals surface area contributed by atoms with Gasteiger partial charge in [0.2, 0.25) is 0 Å². The van der Waals surface area contributed by atoms with Crippen LogP contribution in [0.1, 0.15) is 57.5 Å². The predicted octanol–water partition coefficient (Wildman–Crippen LogP) is 5.59. The molecule has 1 aromatic heterocycles. The van der Waals surface area contributed by atoms with Gasteiger partial charge in [-0.3, -0.25) is 4.90 Å². The third kappa shape index (κ3) is 5.03. The summed E-state index contributed by atoms with van der Waals surface area (Å²) in [6.45, 7) is 10.0. The van der Waals surface area contributed by atoms with Crippen molar-refractivity contribution in [3.05, 3.63) is 57.7 Å². The Bertz CT molecular complexity index is 901. The maximum absolute atomic E-state index is 13.1. The lowest BCUT2D eigenvalue weighted by atomic mass is 10.0. The van der Waals surface area contributed by atoms with Crippen LogP contribution in [0.3, 0.4) is 0 Å². The van der Waals surface area contributed by atoms with Crippen LogP contribution in [0.5, 0.6) is 5.75 Å². The van der Waals surface area contributed by atoms with Gasteiger partial charge in [0.05, 0.1) is 18.3 Å². The van der Waals surface area contributed by atoms with Gasteiger partial charge in [-0.15, -0.1) is 11.3 Å². The van der Waals surface area contributed by atoms with Crippen molar-refractivity contribution < 1.29 is 14.3 Å². The first-order valence-electron chi connectivity index (χ1n) is 9.75. The fourth-order valence-corrected chi connectivity index (χ4v) is 3.93. The van der Waals surface area contributed by atoms with Gasteiger partial charge < -0.3 is 20.5 Å². The third-order valence-corrected chi connectivity index (χ3v) is 5.46. The van der Waals surface area contributed by atoms with Crippen molar-refractivity contribution in [1.82, 2.24) is 4.90 Å². The normalized spacial score (nSPS) is 14.5. The van der Waals surface area contributed by atoms with Crippen LogP contribution < -0.4 is 15.8 Å². The number of allylic oxidation sites excluding steroid dienone is 1. The van der Waals surface area contributed by atoms with Gasteiger partial charge in [0.15, 0.2) is 5.75 Å². The minimum Gasteiger partial charge on any atom is -0.456 e. The van der Waals surface area contributed by atoms with Crippen molar-refractivity contribution in [3.8, 4) is 5.75 Å². The zero-order valence-electron chi connectivity index (χ0n) is 17.6. The molecule has 1 unspecified atom stereocenters. The van der Waals surface area contributed by atoms with Crippen molar-refractivity contribution in [3.63, 3.8) is 0 Å².